The standard InChI is InChI=1S/C15H9F3N2O/c16-15(17,18)10-6-7-11-12(8-10)13(19-20-14(11)21)9-4-2-1-3-5-9/h1-8H,(H,20,21). The number of fused-ring (bicyclic) bond motifs is 1. The molecule has 0 radical (unpaired) electrons. The summed E-state index contributed by atoms with van der Waals surface area (Å²) in [5.41, 5.74) is -0.368. The fourth-order valence-corrected chi connectivity index (χ4v) is 2.16. The molecule has 21 heavy (non-hydrogen) atoms. The Morgan fingerprint density at radius 1 is 0.952 bits per heavy atom. The minimum atomic E-state index is -4.47. The van der Waals surface area contributed by atoms with Crippen molar-refractivity contribution >= 4 is 10.8 Å². The van der Waals surface area contributed by atoms with E-state index in [1.807, 2.05) is 0 Å². The average molecular weight is 290 g/mol. The highest BCUT2D eigenvalue weighted by Crippen LogP contribution is 2.33. The molecule has 3 nitrogen and oxygen atoms in total. The number of benzene rings is 2. The topological polar surface area (TPSA) is 45.8 Å². The van der Waals surface area contributed by atoms with Gasteiger partial charge in [0.25, 0.3) is 5.56 Å². The molecule has 0 atom stereocenters. The van der Waals surface area contributed by atoms with Crippen LogP contribution in [-0.4, -0.2) is 10.2 Å². The van der Waals surface area contributed by atoms with Crippen molar-refractivity contribution in [1.82, 2.24) is 10.2 Å². The smallest absolute Gasteiger partial charge is 0.267 e. The highest BCUT2D eigenvalue weighted by Gasteiger charge is 2.31. The Kier molecular flexibility index (Phi) is 3.01. The largest absolute Gasteiger partial charge is 0.416 e. The molecule has 0 unspecified atom stereocenters. The van der Waals surface area contributed by atoms with Gasteiger partial charge < -0.3 is 0 Å². The maximum Gasteiger partial charge on any atom is 0.416 e. The van der Waals surface area contributed by atoms with Gasteiger partial charge in [0.05, 0.1) is 16.6 Å². The van der Waals surface area contributed by atoms with E-state index in [1.165, 1.54) is 6.07 Å². The van der Waals surface area contributed by atoms with Crippen LogP contribution < -0.4 is 5.56 Å². The first-order valence-electron chi connectivity index (χ1n) is 6.12. The van der Waals surface area contributed by atoms with E-state index in [-0.39, 0.29) is 10.8 Å². The normalized spacial score (nSPS) is 11.8. The molecule has 106 valence electrons. The Balaban J connectivity index is 2.35. The first kappa shape index (κ1) is 13.4. The van der Waals surface area contributed by atoms with Crippen molar-refractivity contribution in [3.63, 3.8) is 0 Å². The Morgan fingerprint density at radius 2 is 1.67 bits per heavy atom. The number of alkyl halides is 3. The molecule has 2 aromatic carbocycles. The lowest BCUT2D eigenvalue weighted by Crippen LogP contribution is -2.11. The maximum absolute atomic E-state index is 12.8. The molecule has 0 fully saturated rings. The van der Waals surface area contributed by atoms with E-state index in [2.05, 4.69) is 10.2 Å². The molecular weight excluding hydrogens is 281 g/mol. The zero-order valence-corrected chi connectivity index (χ0v) is 10.6. The SMILES string of the molecule is O=c1[nH]nc(-c2ccccc2)c2cc(C(F)(F)F)ccc12. The molecule has 1 aromatic heterocycles. The summed E-state index contributed by atoms with van der Waals surface area (Å²) in [7, 11) is 0. The molecule has 0 saturated heterocycles. The highest BCUT2D eigenvalue weighted by molar-refractivity contribution is 5.94. The molecule has 0 aliphatic rings. The van der Waals surface area contributed by atoms with Crippen molar-refractivity contribution < 1.29 is 13.2 Å². The lowest BCUT2D eigenvalue weighted by atomic mass is 10.0. The molecule has 6 heteroatoms. The number of rotatable bonds is 1. The monoisotopic (exact) mass is 290 g/mol. The molecular formula is C15H9F3N2O. The van der Waals surface area contributed by atoms with Crippen molar-refractivity contribution in [3.05, 3.63) is 64.4 Å². The van der Waals surface area contributed by atoms with Gasteiger partial charge in [-0.25, -0.2) is 5.10 Å². The molecule has 0 saturated carbocycles. The summed E-state index contributed by atoms with van der Waals surface area (Å²) >= 11 is 0. The first-order valence-corrected chi connectivity index (χ1v) is 6.12. The van der Waals surface area contributed by atoms with Gasteiger partial charge in [0, 0.05) is 10.9 Å². The predicted molar refractivity (Wildman–Crippen MR) is 72.8 cm³/mol. The van der Waals surface area contributed by atoms with Crippen LogP contribution in [0.4, 0.5) is 13.2 Å². The number of H-pyrrole nitrogens is 1. The second-order valence-corrected chi connectivity index (χ2v) is 4.53. The van der Waals surface area contributed by atoms with E-state index in [0.717, 1.165) is 12.1 Å². The summed E-state index contributed by atoms with van der Waals surface area (Å²) in [5.74, 6) is 0. The van der Waals surface area contributed by atoms with Gasteiger partial charge >= 0.3 is 6.18 Å². The van der Waals surface area contributed by atoms with E-state index in [0.29, 0.717) is 11.3 Å². The molecule has 3 aromatic rings. The van der Waals surface area contributed by atoms with Crippen molar-refractivity contribution in [1.29, 1.82) is 0 Å². The van der Waals surface area contributed by atoms with E-state index in [4.69, 9.17) is 0 Å². The Bertz CT molecular complexity index is 854. The zero-order valence-electron chi connectivity index (χ0n) is 10.6. The Hall–Kier alpha value is -2.63. The third kappa shape index (κ3) is 2.40. The van der Waals surface area contributed by atoms with Gasteiger partial charge in [0.15, 0.2) is 0 Å². The fraction of sp³-hybridized carbons (Fsp3) is 0.0667. The second kappa shape index (κ2) is 4.73. The van der Waals surface area contributed by atoms with Crippen LogP contribution in [0.3, 0.4) is 0 Å². The number of hydrogen-bond donors (Lipinski definition) is 1. The van der Waals surface area contributed by atoms with Gasteiger partial charge in [0.1, 0.15) is 0 Å². The Labute approximate surface area is 117 Å². The summed E-state index contributed by atoms with van der Waals surface area (Å²) in [4.78, 5) is 11.7. The Morgan fingerprint density at radius 3 is 2.33 bits per heavy atom. The van der Waals surface area contributed by atoms with Crippen LogP contribution >= 0.6 is 0 Å². The molecule has 0 aliphatic carbocycles. The summed E-state index contributed by atoms with van der Waals surface area (Å²) in [6.45, 7) is 0. The summed E-state index contributed by atoms with van der Waals surface area (Å²) in [5, 5.41) is 6.57. The van der Waals surface area contributed by atoms with Gasteiger partial charge in [-0.2, -0.15) is 18.3 Å². The van der Waals surface area contributed by atoms with E-state index in [1.54, 1.807) is 30.3 Å². The van der Waals surface area contributed by atoms with Gasteiger partial charge in [-0.15, -0.1) is 0 Å². The summed E-state index contributed by atoms with van der Waals surface area (Å²) in [6, 6.07) is 11.8. The molecule has 0 aliphatic heterocycles. The number of aromatic nitrogens is 2. The van der Waals surface area contributed by atoms with Crippen LogP contribution in [0.15, 0.2) is 53.3 Å². The van der Waals surface area contributed by atoms with E-state index < -0.39 is 17.3 Å². The number of nitrogens with one attached hydrogen (secondary N) is 1. The molecule has 3 rings (SSSR count). The van der Waals surface area contributed by atoms with Gasteiger partial charge in [-0.3, -0.25) is 4.79 Å². The summed E-state index contributed by atoms with van der Waals surface area (Å²) in [6.07, 6.45) is -4.47. The summed E-state index contributed by atoms with van der Waals surface area (Å²) < 4.78 is 38.5. The van der Waals surface area contributed by atoms with Gasteiger partial charge in [-0.1, -0.05) is 30.3 Å². The molecule has 0 spiro atoms. The lowest BCUT2D eigenvalue weighted by molar-refractivity contribution is -0.137. The minimum absolute atomic E-state index is 0.178. The number of halogens is 3. The predicted octanol–water partition coefficient (Wildman–Crippen LogP) is 3.61. The average Bonchev–Trinajstić information content (AvgIpc) is 2.47. The zero-order chi connectivity index (χ0) is 15.0. The van der Waals surface area contributed by atoms with Crippen LogP contribution in [0, 0.1) is 0 Å². The third-order valence-electron chi connectivity index (χ3n) is 3.16. The highest BCUT2D eigenvalue weighted by atomic mass is 19.4. The quantitative estimate of drug-likeness (QED) is 0.744. The van der Waals surface area contributed by atoms with Crippen LogP contribution in [0.25, 0.3) is 22.0 Å². The van der Waals surface area contributed by atoms with Crippen molar-refractivity contribution in [2.45, 2.75) is 6.18 Å². The van der Waals surface area contributed by atoms with E-state index in [9.17, 15) is 18.0 Å². The van der Waals surface area contributed by atoms with Gasteiger partial charge in [0.2, 0.25) is 0 Å². The molecule has 1 heterocycles. The second-order valence-electron chi connectivity index (χ2n) is 4.53. The molecule has 1 N–H and O–H groups in total. The third-order valence-corrected chi connectivity index (χ3v) is 3.16. The van der Waals surface area contributed by atoms with Crippen LogP contribution in [0.2, 0.25) is 0 Å². The van der Waals surface area contributed by atoms with Crippen molar-refractivity contribution in [2.24, 2.45) is 0 Å². The van der Waals surface area contributed by atoms with Crippen LogP contribution in [-0.2, 0) is 6.18 Å². The first-order chi connectivity index (χ1) is 9.97. The van der Waals surface area contributed by atoms with Crippen LogP contribution in [0.1, 0.15) is 5.56 Å². The van der Waals surface area contributed by atoms with Crippen molar-refractivity contribution in [3.8, 4) is 11.3 Å². The fourth-order valence-electron chi connectivity index (χ4n) is 2.16. The van der Waals surface area contributed by atoms with Crippen LogP contribution in [0.5, 0.6) is 0 Å². The van der Waals surface area contributed by atoms with E-state index >= 15 is 0 Å². The van der Waals surface area contributed by atoms with Crippen molar-refractivity contribution in [2.75, 3.05) is 0 Å². The number of hydrogen-bond acceptors (Lipinski definition) is 2. The molecule has 0 amide bonds. The maximum atomic E-state index is 12.8. The molecule has 0 bridgehead atoms. The minimum Gasteiger partial charge on any atom is -0.267 e. The lowest BCUT2D eigenvalue weighted by Gasteiger charge is -2.09. The number of nitrogens with zero attached hydrogens (tertiary/aromatic N) is 1. The van der Waals surface area contributed by atoms with Gasteiger partial charge in [-0.05, 0) is 18.2 Å². The number of aromatic amines is 1.